The first-order chi connectivity index (χ1) is 13.7. The van der Waals surface area contributed by atoms with Crippen molar-refractivity contribution in [3.8, 4) is 0 Å². The minimum atomic E-state index is -3.66. The number of aryl methyl sites for hydroxylation is 1. The Bertz CT molecular complexity index is 1180. The van der Waals surface area contributed by atoms with E-state index in [1.807, 2.05) is 0 Å². The van der Waals surface area contributed by atoms with Crippen LogP contribution >= 0.6 is 0 Å². The van der Waals surface area contributed by atoms with E-state index in [2.05, 4.69) is 5.32 Å². The predicted molar refractivity (Wildman–Crippen MR) is 105 cm³/mol. The summed E-state index contributed by atoms with van der Waals surface area (Å²) in [5.41, 5.74) is 0.853. The fourth-order valence-corrected chi connectivity index (χ4v) is 4.54. The second-order valence-electron chi connectivity index (χ2n) is 6.39. The van der Waals surface area contributed by atoms with Gasteiger partial charge in [-0.1, -0.05) is 13.8 Å². The van der Waals surface area contributed by atoms with Gasteiger partial charge in [0.1, 0.15) is 5.58 Å². The Labute approximate surface area is 167 Å². The SMILES string of the molecule is CCN(CC)S(=O)(=O)c1ccc2oc(C(=O)Nc3ccc(F)c(F)c3)c(C)c2c1. The van der Waals surface area contributed by atoms with Gasteiger partial charge in [0.15, 0.2) is 17.4 Å². The molecule has 29 heavy (non-hydrogen) atoms. The first kappa shape index (κ1) is 20.9. The van der Waals surface area contributed by atoms with Gasteiger partial charge in [0.25, 0.3) is 5.91 Å². The third kappa shape index (κ3) is 3.88. The highest BCUT2D eigenvalue weighted by Gasteiger charge is 2.24. The molecule has 154 valence electrons. The number of sulfonamides is 1. The third-order valence-electron chi connectivity index (χ3n) is 4.63. The van der Waals surface area contributed by atoms with E-state index in [0.29, 0.717) is 29.6 Å². The Kier molecular flexibility index (Phi) is 5.72. The van der Waals surface area contributed by atoms with Crippen LogP contribution in [0.15, 0.2) is 45.7 Å². The van der Waals surface area contributed by atoms with Gasteiger partial charge in [-0.25, -0.2) is 17.2 Å². The quantitative estimate of drug-likeness (QED) is 0.642. The van der Waals surface area contributed by atoms with Crippen LogP contribution in [-0.4, -0.2) is 31.7 Å². The van der Waals surface area contributed by atoms with Crippen molar-refractivity contribution >= 4 is 32.6 Å². The molecule has 0 bridgehead atoms. The van der Waals surface area contributed by atoms with Gasteiger partial charge in [0.05, 0.1) is 4.90 Å². The van der Waals surface area contributed by atoms with Gasteiger partial charge >= 0.3 is 0 Å². The molecule has 1 aromatic heterocycles. The molecule has 0 unspecified atom stereocenters. The molecule has 0 radical (unpaired) electrons. The van der Waals surface area contributed by atoms with Crippen molar-refractivity contribution in [2.24, 2.45) is 0 Å². The maximum Gasteiger partial charge on any atom is 0.291 e. The largest absolute Gasteiger partial charge is 0.451 e. The van der Waals surface area contributed by atoms with Gasteiger partial charge in [-0.3, -0.25) is 4.79 Å². The maximum atomic E-state index is 13.3. The van der Waals surface area contributed by atoms with Crippen molar-refractivity contribution in [2.75, 3.05) is 18.4 Å². The molecule has 6 nitrogen and oxygen atoms in total. The van der Waals surface area contributed by atoms with Crippen LogP contribution in [0, 0.1) is 18.6 Å². The number of nitrogens with one attached hydrogen (secondary N) is 1. The van der Waals surface area contributed by atoms with Crippen LogP contribution in [-0.2, 0) is 10.0 Å². The summed E-state index contributed by atoms with van der Waals surface area (Å²) >= 11 is 0. The summed E-state index contributed by atoms with van der Waals surface area (Å²) in [7, 11) is -3.66. The molecule has 2 aromatic carbocycles. The van der Waals surface area contributed by atoms with Crippen molar-refractivity contribution < 1.29 is 26.4 Å². The Balaban J connectivity index is 1.97. The second kappa shape index (κ2) is 7.92. The summed E-state index contributed by atoms with van der Waals surface area (Å²) in [6.07, 6.45) is 0. The molecule has 0 fully saturated rings. The van der Waals surface area contributed by atoms with Gasteiger partial charge in [-0.2, -0.15) is 4.31 Å². The molecule has 0 aliphatic rings. The number of anilines is 1. The fraction of sp³-hybridized carbons (Fsp3) is 0.250. The summed E-state index contributed by atoms with van der Waals surface area (Å²) in [4.78, 5) is 12.6. The van der Waals surface area contributed by atoms with Crippen molar-refractivity contribution in [1.29, 1.82) is 0 Å². The fourth-order valence-electron chi connectivity index (χ4n) is 3.05. The van der Waals surface area contributed by atoms with Crippen LogP contribution < -0.4 is 5.32 Å². The number of rotatable bonds is 6. The van der Waals surface area contributed by atoms with Crippen LogP contribution in [0.5, 0.6) is 0 Å². The molecule has 1 N–H and O–H groups in total. The molecule has 0 saturated heterocycles. The Hall–Kier alpha value is -2.78. The lowest BCUT2D eigenvalue weighted by Crippen LogP contribution is -2.30. The molecule has 0 aliphatic heterocycles. The number of hydrogen-bond donors (Lipinski definition) is 1. The number of hydrogen-bond acceptors (Lipinski definition) is 4. The molecule has 1 amide bonds. The first-order valence-corrected chi connectivity index (χ1v) is 10.4. The maximum absolute atomic E-state index is 13.3. The molecule has 9 heteroatoms. The van der Waals surface area contributed by atoms with Gasteiger partial charge in [-0.15, -0.1) is 0 Å². The average Bonchev–Trinajstić information content (AvgIpc) is 3.02. The zero-order valence-corrected chi connectivity index (χ0v) is 16.9. The van der Waals surface area contributed by atoms with E-state index in [-0.39, 0.29) is 16.3 Å². The Morgan fingerprint density at radius 2 is 1.76 bits per heavy atom. The molecular weight excluding hydrogens is 402 g/mol. The van der Waals surface area contributed by atoms with Gasteiger partial charge in [-0.05, 0) is 37.3 Å². The number of carbonyl (C=O) groups is 1. The van der Waals surface area contributed by atoms with E-state index in [0.717, 1.165) is 12.1 Å². The van der Waals surface area contributed by atoms with Gasteiger partial charge in [0, 0.05) is 35.8 Å². The van der Waals surface area contributed by atoms with E-state index in [9.17, 15) is 22.0 Å². The smallest absolute Gasteiger partial charge is 0.291 e. The van der Waals surface area contributed by atoms with E-state index >= 15 is 0 Å². The highest BCUT2D eigenvalue weighted by molar-refractivity contribution is 7.89. The summed E-state index contributed by atoms with van der Waals surface area (Å²) in [5.74, 6) is -2.81. The molecule has 3 aromatic rings. The highest BCUT2D eigenvalue weighted by atomic mass is 32.2. The summed E-state index contributed by atoms with van der Waals surface area (Å²) in [6.45, 7) is 5.80. The number of benzene rings is 2. The minimum absolute atomic E-state index is 0.0397. The van der Waals surface area contributed by atoms with Crippen molar-refractivity contribution in [3.05, 3.63) is 59.4 Å². The standard InChI is InChI=1S/C20H20F2N2O4S/c1-4-24(5-2)29(26,27)14-7-9-18-15(11-14)12(3)19(28-18)20(25)23-13-6-8-16(21)17(22)10-13/h6-11H,4-5H2,1-3H3,(H,23,25). The lowest BCUT2D eigenvalue weighted by atomic mass is 10.1. The average molecular weight is 422 g/mol. The molecule has 0 saturated carbocycles. The third-order valence-corrected chi connectivity index (χ3v) is 6.68. The Morgan fingerprint density at radius 3 is 2.38 bits per heavy atom. The van der Waals surface area contributed by atoms with Crippen LogP contribution in [0.1, 0.15) is 30.0 Å². The van der Waals surface area contributed by atoms with Crippen molar-refractivity contribution in [1.82, 2.24) is 4.31 Å². The predicted octanol–water partition coefficient (Wildman–Crippen LogP) is 4.30. The Morgan fingerprint density at radius 1 is 1.07 bits per heavy atom. The zero-order chi connectivity index (χ0) is 21.3. The highest BCUT2D eigenvalue weighted by Crippen LogP contribution is 2.29. The van der Waals surface area contributed by atoms with Gasteiger partial charge in [0.2, 0.25) is 10.0 Å². The van der Waals surface area contributed by atoms with Crippen LogP contribution in [0.2, 0.25) is 0 Å². The van der Waals surface area contributed by atoms with Crippen molar-refractivity contribution in [3.63, 3.8) is 0 Å². The van der Waals surface area contributed by atoms with E-state index in [1.54, 1.807) is 20.8 Å². The lowest BCUT2D eigenvalue weighted by molar-refractivity contribution is 0.0998. The molecule has 3 rings (SSSR count). The summed E-state index contributed by atoms with van der Waals surface area (Å²) in [6, 6.07) is 7.38. The van der Waals surface area contributed by atoms with E-state index < -0.39 is 27.6 Å². The number of halogens is 2. The number of amides is 1. The summed E-state index contributed by atoms with van der Waals surface area (Å²) < 4.78 is 58.8. The number of fused-ring (bicyclic) bond motifs is 1. The molecule has 0 aliphatic carbocycles. The normalized spacial score (nSPS) is 11.9. The van der Waals surface area contributed by atoms with Crippen LogP contribution in [0.25, 0.3) is 11.0 Å². The minimum Gasteiger partial charge on any atom is -0.451 e. The van der Waals surface area contributed by atoms with E-state index in [4.69, 9.17) is 4.42 Å². The number of carbonyl (C=O) groups excluding carboxylic acids is 1. The lowest BCUT2D eigenvalue weighted by Gasteiger charge is -2.18. The second-order valence-corrected chi connectivity index (χ2v) is 8.32. The monoisotopic (exact) mass is 422 g/mol. The molecular formula is C20H20F2N2O4S. The number of nitrogens with zero attached hydrogens (tertiary/aromatic N) is 1. The van der Waals surface area contributed by atoms with Crippen LogP contribution in [0.4, 0.5) is 14.5 Å². The summed E-state index contributed by atoms with van der Waals surface area (Å²) in [5, 5.41) is 2.92. The van der Waals surface area contributed by atoms with E-state index in [1.165, 1.54) is 28.6 Å². The van der Waals surface area contributed by atoms with Crippen molar-refractivity contribution in [2.45, 2.75) is 25.7 Å². The topological polar surface area (TPSA) is 79.6 Å². The number of furan rings is 1. The van der Waals surface area contributed by atoms with Gasteiger partial charge < -0.3 is 9.73 Å². The molecule has 0 atom stereocenters. The molecule has 0 spiro atoms. The first-order valence-electron chi connectivity index (χ1n) is 8.98. The van der Waals surface area contributed by atoms with Crippen LogP contribution in [0.3, 0.4) is 0 Å². The zero-order valence-electron chi connectivity index (χ0n) is 16.1. The molecule has 1 heterocycles.